The lowest BCUT2D eigenvalue weighted by Gasteiger charge is -2.15. The van der Waals surface area contributed by atoms with E-state index < -0.39 is 5.82 Å². The third kappa shape index (κ3) is 4.68. The van der Waals surface area contributed by atoms with Gasteiger partial charge in [0.25, 0.3) is 0 Å². The number of carbonyl (C=O) groups is 1. The summed E-state index contributed by atoms with van der Waals surface area (Å²) < 4.78 is 18.7. The molecule has 2 rings (SSSR count). The van der Waals surface area contributed by atoms with Crippen molar-refractivity contribution in [3.63, 3.8) is 0 Å². The molecule has 0 N–H and O–H groups in total. The zero-order chi connectivity index (χ0) is 17.4. The number of halogens is 1. The van der Waals surface area contributed by atoms with E-state index in [9.17, 15) is 9.18 Å². The Morgan fingerprint density at radius 2 is 1.96 bits per heavy atom. The number of ether oxygens (including phenoxy) is 1. The maximum Gasteiger partial charge on any atom is 0.246 e. The molecule has 24 heavy (non-hydrogen) atoms. The monoisotopic (exact) mass is 324 g/mol. The Morgan fingerprint density at radius 3 is 2.71 bits per heavy atom. The Kier molecular flexibility index (Phi) is 6.09. The standard InChI is InChI=1S/C19H17FN2O2/c1-22(12-13-24-18-9-5-4-8-17(18)20)19(23)11-10-15-6-2-3-7-16(15)14-21/h2-11H,12-13H2,1H3/b11-10+. The average Bonchev–Trinajstić information content (AvgIpc) is 2.61. The highest BCUT2D eigenvalue weighted by atomic mass is 19.1. The summed E-state index contributed by atoms with van der Waals surface area (Å²) in [5.74, 6) is -0.490. The molecule has 0 bridgehead atoms. The van der Waals surface area contributed by atoms with Crippen molar-refractivity contribution in [2.75, 3.05) is 20.2 Å². The molecule has 4 nitrogen and oxygen atoms in total. The van der Waals surface area contributed by atoms with E-state index in [-0.39, 0.29) is 18.3 Å². The fraction of sp³-hybridized carbons (Fsp3) is 0.158. The molecule has 122 valence electrons. The summed E-state index contributed by atoms with van der Waals surface area (Å²) >= 11 is 0. The minimum atomic E-state index is -0.431. The minimum absolute atomic E-state index is 0.164. The Labute approximate surface area is 140 Å². The molecule has 2 aromatic rings. The lowest BCUT2D eigenvalue weighted by molar-refractivity contribution is -0.125. The lowest BCUT2D eigenvalue weighted by Crippen LogP contribution is -2.29. The van der Waals surface area contributed by atoms with Gasteiger partial charge in [-0.15, -0.1) is 0 Å². The molecule has 0 saturated carbocycles. The van der Waals surface area contributed by atoms with Crippen LogP contribution in [0, 0.1) is 17.1 Å². The molecule has 0 fully saturated rings. The van der Waals surface area contributed by atoms with E-state index in [2.05, 4.69) is 6.07 Å². The number of hydrogen-bond acceptors (Lipinski definition) is 3. The van der Waals surface area contributed by atoms with Gasteiger partial charge >= 0.3 is 0 Å². The number of hydrogen-bond donors (Lipinski definition) is 0. The zero-order valence-corrected chi connectivity index (χ0v) is 13.3. The van der Waals surface area contributed by atoms with Crippen LogP contribution in [0.1, 0.15) is 11.1 Å². The second-order valence-corrected chi connectivity index (χ2v) is 5.07. The summed E-state index contributed by atoms with van der Waals surface area (Å²) in [5, 5.41) is 9.01. The normalized spacial score (nSPS) is 10.4. The third-order valence-electron chi connectivity index (χ3n) is 3.38. The van der Waals surface area contributed by atoms with E-state index in [1.165, 1.54) is 23.1 Å². The molecule has 0 aromatic heterocycles. The molecule has 0 unspecified atom stereocenters. The summed E-state index contributed by atoms with van der Waals surface area (Å²) in [7, 11) is 1.63. The molecule has 2 aromatic carbocycles. The first-order valence-corrected chi connectivity index (χ1v) is 7.41. The van der Waals surface area contributed by atoms with Crippen LogP contribution < -0.4 is 4.74 Å². The van der Waals surface area contributed by atoms with Gasteiger partial charge in [-0.2, -0.15) is 5.26 Å². The molecule has 0 radical (unpaired) electrons. The number of nitriles is 1. The van der Waals surface area contributed by atoms with Crippen molar-refractivity contribution >= 4 is 12.0 Å². The van der Waals surface area contributed by atoms with E-state index >= 15 is 0 Å². The number of benzene rings is 2. The van der Waals surface area contributed by atoms with Crippen LogP contribution in [-0.4, -0.2) is 31.0 Å². The Morgan fingerprint density at radius 1 is 1.25 bits per heavy atom. The zero-order valence-electron chi connectivity index (χ0n) is 13.3. The molecule has 5 heteroatoms. The predicted molar refractivity (Wildman–Crippen MR) is 89.7 cm³/mol. The number of carbonyl (C=O) groups excluding carboxylic acids is 1. The van der Waals surface area contributed by atoms with E-state index in [4.69, 9.17) is 10.00 Å². The summed E-state index contributed by atoms with van der Waals surface area (Å²) in [4.78, 5) is 13.5. The van der Waals surface area contributed by atoms with Crippen LogP contribution in [0.4, 0.5) is 4.39 Å². The molecule has 0 aliphatic heterocycles. The molecule has 0 aliphatic carbocycles. The highest BCUT2D eigenvalue weighted by Gasteiger charge is 2.07. The predicted octanol–water partition coefficient (Wildman–Crippen LogP) is 3.25. The van der Waals surface area contributed by atoms with Gasteiger partial charge in [-0.3, -0.25) is 4.79 Å². The topological polar surface area (TPSA) is 53.3 Å². The molecular weight excluding hydrogens is 307 g/mol. The van der Waals surface area contributed by atoms with Crippen molar-refractivity contribution in [2.45, 2.75) is 0 Å². The van der Waals surface area contributed by atoms with Gasteiger partial charge in [0.1, 0.15) is 6.61 Å². The van der Waals surface area contributed by atoms with Crippen LogP contribution in [0.25, 0.3) is 6.08 Å². The molecule has 0 atom stereocenters. The fourth-order valence-corrected chi connectivity index (χ4v) is 2.00. The molecule has 1 amide bonds. The second kappa shape index (κ2) is 8.49. The van der Waals surface area contributed by atoms with Gasteiger partial charge in [0.15, 0.2) is 11.6 Å². The largest absolute Gasteiger partial charge is 0.489 e. The maximum atomic E-state index is 13.4. The van der Waals surface area contributed by atoms with Crippen molar-refractivity contribution < 1.29 is 13.9 Å². The first-order chi connectivity index (χ1) is 11.6. The van der Waals surface area contributed by atoms with Gasteiger partial charge in [0.05, 0.1) is 18.2 Å². The SMILES string of the molecule is CN(CCOc1ccccc1F)C(=O)/C=C/c1ccccc1C#N. The third-order valence-corrected chi connectivity index (χ3v) is 3.38. The summed E-state index contributed by atoms with van der Waals surface area (Å²) in [6.45, 7) is 0.503. The minimum Gasteiger partial charge on any atom is -0.489 e. The number of rotatable bonds is 6. The van der Waals surface area contributed by atoms with Crippen molar-refractivity contribution in [3.05, 3.63) is 71.6 Å². The van der Waals surface area contributed by atoms with Crippen LogP contribution in [0.5, 0.6) is 5.75 Å². The molecule has 0 spiro atoms. The van der Waals surface area contributed by atoms with E-state index in [1.807, 2.05) is 0 Å². The van der Waals surface area contributed by atoms with Crippen LogP contribution in [0.3, 0.4) is 0 Å². The Hall–Kier alpha value is -3.13. The first-order valence-electron chi connectivity index (χ1n) is 7.41. The van der Waals surface area contributed by atoms with Crippen LogP contribution in [0.2, 0.25) is 0 Å². The van der Waals surface area contributed by atoms with Crippen LogP contribution in [-0.2, 0) is 4.79 Å². The summed E-state index contributed by atoms with van der Waals surface area (Å²) in [5.41, 5.74) is 1.19. The van der Waals surface area contributed by atoms with Crippen molar-refractivity contribution in [3.8, 4) is 11.8 Å². The van der Waals surface area contributed by atoms with Crippen LogP contribution >= 0.6 is 0 Å². The number of likely N-dealkylation sites (N-methyl/N-ethyl adjacent to an activating group) is 1. The molecule has 0 aliphatic rings. The highest BCUT2D eigenvalue weighted by molar-refractivity contribution is 5.91. The van der Waals surface area contributed by atoms with Crippen molar-refractivity contribution in [1.29, 1.82) is 5.26 Å². The van der Waals surface area contributed by atoms with E-state index in [1.54, 1.807) is 49.5 Å². The maximum absolute atomic E-state index is 13.4. The summed E-state index contributed by atoms with van der Waals surface area (Å²) in [6, 6.07) is 15.2. The Balaban J connectivity index is 1.87. The van der Waals surface area contributed by atoms with E-state index in [0.29, 0.717) is 17.7 Å². The quantitative estimate of drug-likeness (QED) is 0.767. The summed E-state index contributed by atoms with van der Waals surface area (Å²) in [6.07, 6.45) is 3.01. The lowest BCUT2D eigenvalue weighted by atomic mass is 10.1. The van der Waals surface area contributed by atoms with Gasteiger partial charge in [0, 0.05) is 13.1 Å². The number of nitrogens with zero attached hydrogens (tertiary/aromatic N) is 2. The first kappa shape index (κ1) is 17.2. The van der Waals surface area contributed by atoms with Gasteiger partial charge in [0.2, 0.25) is 5.91 Å². The number of para-hydroxylation sites is 1. The van der Waals surface area contributed by atoms with Gasteiger partial charge < -0.3 is 9.64 Å². The van der Waals surface area contributed by atoms with E-state index in [0.717, 1.165) is 0 Å². The molecule has 0 saturated heterocycles. The van der Waals surface area contributed by atoms with Gasteiger partial charge in [-0.25, -0.2) is 4.39 Å². The number of amides is 1. The second-order valence-electron chi connectivity index (χ2n) is 5.07. The smallest absolute Gasteiger partial charge is 0.246 e. The Bertz CT molecular complexity index is 781. The fourth-order valence-electron chi connectivity index (χ4n) is 2.00. The highest BCUT2D eigenvalue weighted by Crippen LogP contribution is 2.15. The van der Waals surface area contributed by atoms with Crippen molar-refractivity contribution in [2.24, 2.45) is 0 Å². The average molecular weight is 324 g/mol. The van der Waals surface area contributed by atoms with Crippen LogP contribution in [0.15, 0.2) is 54.6 Å². The molecule has 0 heterocycles. The van der Waals surface area contributed by atoms with Crippen molar-refractivity contribution in [1.82, 2.24) is 4.90 Å². The van der Waals surface area contributed by atoms with Gasteiger partial charge in [-0.05, 0) is 29.8 Å². The molecular formula is C19H17FN2O2. The van der Waals surface area contributed by atoms with Gasteiger partial charge in [-0.1, -0.05) is 30.3 Å².